The highest BCUT2D eigenvalue weighted by molar-refractivity contribution is 7.89. The Morgan fingerprint density at radius 2 is 1.78 bits per heavy atom. The number of nitrogens with two attached hydrogens (primary N) is 1. The van der Waals surface area contributed by atoms with Crippen LogP contribution in [0.25, 0.3) is 0 Å². The lowest BCUT2D eigenvalue weighted by atomic mass is 10.2. The number of aryl methyl sites for hydroxylation is 2. The summed E-state index contributed by atoms with van der Waals surface area (Å²) in [5.41, 5.74) is 3.20. The number of primary sulfonamides is 1. The number of rotatable bonds is 5. The Hall–Kier alpha value is -3.70. The number of benzene rings is 2. The van der Waals surface area contributed by atoms with E-state index in [0.29, 0.717) is 34.2 Å². The standard InChI is InChI=1S/C21H22N6O4S/c1-12-4-5-15(9-18(12)32(22,29)30)25-21-23-10-13(2)20(26-21)24-14-6-7-17-16(8-14)27(3)19(28)11-31-17/h4-10H,11H2,1-3H3,(H2,22,29,30)(H2,23,24,25,26). The lowest BCUT2D eigenvalue weighted by molar-refractivity contribution is -0.120. The summed E-state index contributed by atoms with van der Waals surface area (Å²) < 4.78 is 29.0. The van der Waals surface area contributed by atoms with Gasteiger partial charge < -0.3 is 20.3 Å². The van der Waals surface area contributed by atoms with Gasteiger partial charge in [0.1, 0.15) is 11.6 Å². The van der Waals surface area contributed by atoms with E-state index < -0.39 is 10.0 Å². The molecule has 0 fully saturated rings. The molecule has 4 rings (SSSR count). The van der Waals surface area contributed by atoms with E-state index in [4.69, 9.17) is 9.88 Å². The zero-order valence-corrected chi connectivity index (χ0v) is 18.5. The molecule has 4 N–H and O–H groups in total. The average molecular weight is 455 g/mol. The molecule has 0 aliphatic carbocycles. The van der Waals surface area contributed by atoms with Gasteiger partial charge in [0.05, 0.1) is 10.6 Å². The molecule has 1 amide bonds. The largest absolute Gasteiger partial charge is 0.482 e. The third-order valence-electron chi connectivity index (χ3n) is 5.03. The fourth-order valence-corrected chi connectivity index (χ4v) is 4.04. The van der Waals surface area contributed by atoms with Crippen molar-refractivity contribution in [2.24, 2.45) is 5.14 Å². The summed E-state index contributed by atoms with van der Waals surface area (Å²) in [6.45, 7) is 3.54. The minimum atomic E-state index is -3.85. The number of sulfonamides is 1. The maximum Gasteiger partial charge on any atom is 0.264 e. The zero-order valence-electron chi connectivity index (χ0n) is 17.7. The highest BCUT2D eigenvalue weighted by Crippen LogP contribution is 2.34. The SMILES string of the molecule is Cc1ccc(Nc2ncc(C)c(Nc3ccc4c(c3)N(C)C(=O)CO4)n2)cc1S(N)(=O)=O. The number of carbonyl (C=O) groups excluding carboxylic acids is 1. The normalized spacial score (nSPS) is 13.4. The highest BCUT2D eigenvalue weighted by Gasteiger charge is 2.22. The van der Waals surface area contributed by atoms with E-state index in [1.807, 2.05) is 13.0 Å². The van der Waals surface area contributed by atoms with Gasteiger partial charge in [-0.25, -0.2) is 18.5 Å². The number of nitrogens with zero attached hydrogens (tertiary/aromatic N) is 3. The van der Waals surface area contributed by atoms with Crippen molar-refractivity contribution < 1.29 is 17.9 Å². The molecule has 0 bridgehead atoms. The first-order valence-electron chi connectivity index (χ1n) is 9.66. The second-order valence-electron chi connectivity index (χ2n) is 7.42. The summed E-state index contributed by atoms with van der Waals surface area (Å²) in [4.78, 5) is 22.3. The van der Waals surface area contributed by atoms with Crippen LogP contribution in [-0.4, -0.2) is 37.9 Å². The summed E-state index contributed by atoms with van der Waals surface area (Å²) in [5.74, 6) is 1.32. The maximum atomic E-state index is 11.9. The van der Waals surface area contributed by atoms with E-state index in [-0.39, 0.29) is 23.4 Å². The molecule has 1 aliphatic rings. The van der Waals surface area contributed by atoms with Crippen LogP contribution in [0.5, 0.6) is 5.75 Å². The number of hydrogen-bond donors (Lipinski definition) is 3. The Labute approximate surface area is 185 Å². The van der Waals surface area contributed by atoms with E-state index in [1.165, 1.54) is 6.07 Å². The number of carbonyl (C=O) groups is 1. The second-order valence-corrected chi connectivity index (χ2v) is 8.95. The number of ether oxygens (including phenoxy) is 1. The van der Waals surface area contributed by atoms with Crippen LogP contribution < -0.4 is 25.4 Å². The maximum absolute atomic E-state index is 11.9. The molecule has 2 heterocycles. The molecule has 0 unspecified atom stereocenters. The fourth-order valence-electron chi connectivity index (χ4n) is 3.23. The molecule has 3 aromatic rings. The Morgan fingerprint density at radius 1 is 1.06 bits per heavy atom. The van der Waals surface area contributed by atoms with Crippen molar-refractivity contribution in [3.05, 3.63) is 53.7 Å². The third kappa shape index (κ3) is 4.34. The number of nitrogens with one attached hydrogen (secondary N) is 2. The molecule has 2 aromatic carbocycles. The van der Waals surface area contributed by atoms with Crippen molar-refractivity contribution in [3.63, 3.8) is 0 Å². The number of hydrogen-bond acceptors (Lipinski definition) is 8. The molecular formula is C21H22N6O4S. The summed E-state index contributed by atoms with van der Waals surface area (Å²) in [5, 5.41) is 11.5. The van der Waals surface area contributed by atoms with Crippen molar-refractivity contribution in [1.82, 2.24) is 9.97 Å². The molecule has 1 aromatic heterocycles. The van der Waals surface area contributed by atoms with E-state index in [0.717, 1.165) is 5.56 Å². The Balaban J connectivity index is 1.60. The first kappa shape index (κ1) is 21.5. The van der Waals surface area contributed by atoms with Gasteiger partial charge in [-0.3, -0.25) is 4.79 Å². The van der Waals surface area contributed by atoms with Gasteiger partial charge in [0.2, 0.25) is 16.0 Å². The zero-order chi connectivity index (χ0) is 23.0. The van der Waals surface area contributed by atoms with Gasteiger partial charge in [-0.15, -0.1) is 0 Å². The number of amides is 1. The minimum Gasteiger partial charge on any atom is -0.482 e. The first-order valence-corrected chi connectivity index (χ1v) is 11.2. The molecule has 1 aliphatic heterocycles. The van der Waals surface area contributed by atoms with E-state index in [1.54, 1.807) is 49.3 Å². The van der Waals surface area contributed by atoms with Crippen LogP contribution in [0.3, 0.4) is 0 Å². The molecule has 0 radical (unpaired) electrons. The van der Waals surface area contributed by atoms with Gasteiger partial charge in [-0.2, -0.15) is 4.98 Å². The van der Waals surface area contributed by atoms with Crippen molar-refractivity contribution in [3.8, 4) is 5.75 Å². The summed E-state index contributed by atoms with van der Waals surface area (Å²) >= 11 is 0. The molecule has 0 spiro atoms. The van der Waals surface area contributed by atoms with Crippen molar-refractivity contribution in [1.29, 1.82) is 0 Å². The van der Waals surface area contributed by atoms with Crippen LogP contribution in [0.4, 0.5) is 28.8 Å². The summed E-state index contributed by atoms with van der Waals surface area (Å²) in [6, 6.07) is 10.2. The van der Waals surface area contributed by atoms with Crippen molar-refractivity contribution in [2.75, 3.05) is 29.2 Å². The van der Waals surface area contributed by atoms with Gasteiger partial charge in [0.15, 0.2) is 6.61 Å². The first-order chi connectivity index (χ1) is 15.1. The van der Waals surface area contributed by atoms with Gasteiger partial charge >= 0.3 is 0 Å². The number of likely N-dealkylation sites (N-methyl/N-ethyl adjacent to an activating group) is 1. The molecule has 0 saturated carbocycles. The van der Waals surface area contributed by atoms with Crippen LogP contribution in [0.2, 0.25) is 0 Å². The average Bonchev–Trinajstić information content (AvgIpc) is 2.74. The number of fused-ring (bicyclic) bond motifs is 1. The number of aromatic nitrogens is 2. The van der Waals surface area contributed by atoms with E-state index >= 15 is 0 Å². The molecule has 166 valence electrons. The van der Waals surface area contributed by atoms with Gasteiger partial charge in [-0.1, -0.05) is 6.07 Å². The molecular weight excluding hydrogens is 432 g/mol. The lowest BCUT2D eigenvalue weighted by Gasteiger charge is -2.26. The van der Waals surface area contributed by atoms with Gasteiger partial charge in [0.25, 0.3) is 5.91 Å². The predicted molar refractivity (Wildman–Crippen MR) is 121 cm³/mol. The predicted octanol–water partition coefficient (Wildman–Crippen LogP) is 2.58. The topological polar surface area (TPSA) is 140 Å². The quantitative estimate of drug-likeness (QED) is 0.534. The molecule has 0 atom stereocenters. The second kappa shape index (κ2) is 8.09. The van der Waals surface area contributed by atoms with E-state index in [2.05, 4.69) is 20.6 Å². The Kier molecular flexibility index (Phi) is 5.45. The lowest BCUT2D eigenvalue weighted by Crippen LogP contribution is -2.35. The monoisotopic (exact) mass is 454 g/mol. The molecule has 0 saturated heterocycles. The van der Waals surface area contributed by atoms with E-state index in [9.17, 15) is 13.2 Å². The molecule has 10 nitrogen and oxygen atoms in total. The molecule has 32 heavy (non-hydrogen) atoms. The van der Waals surface area contributed by atoms with Crippen LogP contribution in [0, 0.1) is 13.8 Å². The fraction of sp³-hybridized carbons (Fsp3) is 0.190. The highest BCUT2D eigenvalue weighted by atomic mass is 32.2. The van der Waals surface area contributed by atoms with Crippen LogP contribution in [0.1, 0.15) is 11.1 Å². The summed E-state index contributed by atoms with van der Waals surface area (Å²) in [7, 11) is -2.15. The van der Waals surface area contributed by atoms with Gasteiger partial charge in [-0.05, 0) is 49.7 Å². The van der Waals surface area contributed by atoms with Crippen molar-refractivity contribution in [2.45, 2.75) is 18.7 Å². The van der Waals surface area contributed by atoms with Crippen molar-refractivity contribution >= 4 is 44.8 Å². The van der Waals surface area contributed by atoms with Crippen LogP contribution in [-0.2, 0) is 14.8 Å². The minimum absolute atomic E-state index is 0.0164. The molecule has 11 heteroatoms. The van der Waals surface area contributed by atoms with Crippen LogP contribution in [0.15, 0.2) is 47.5 Å². The number of anilines is 5. The summed E-state index contributed by atoms with van der Waals surface area (Å²) in [6.07, 6.45) is 1.64. The Bertz CT molecular complexity index is 1330. The third-order valence-corrected chi connectivity index (χ3v) is 6.08. The van der Waals surface area contributed by atoms with Crippen LogP contribution >= 0.6 is 0 Å². The van der Waals surface area contributed by atoms with Gasteiger partial charge in [0, 0.05) is 30.2 Å². The smallest absolute Gasteiger partial charge is 0.264 e. The Morgan fingerprint density at radius 3 is 2.53 bits per heavy atom.